The third-order valence-corrected chi connectivity index (χ3v) is 4.80. The Kier molecular flexibility index (Phi) is 13.8. The van der Waals surface area contributed by atoms with Crippen molar-refractivity contribution in [2.45, 2.75) is 78.6 Å². The van der Waals surface area contributed by atoms with Crippen LogP contribution < -0.4 is 10.6 Å². The lowest BCUT2D eigenvalue weighted by molar-refractivity contribution is -0.0969. The van der Waals surface area contributed by atoms with Crippen LogP contribution in [0.1, 0.15) is 72.3 Å². The number of hydrogen-bond donors (Lipinski definition) is 2. The van der Waals surface area contributed by atoms with Crippen molar-refractivity contribution in [1.29, 1.82) is 0 Å². The van der Waals surface area contributed by atoms with E-state index in [0.717, 1.165) is 6.54 Å². The van der Waals surface area contributed by atoms with Gasteiger partial charge in [0.05, 0.1) is 5.56 Å². The molecule has 9 heteroatoms. The molecule has 0 aliphatic heterocycles. The standard InChI is InChI=1S/C12H16ClN3O2.C12H23NO2/c1-4-17-10(18-5-2)7-6-9-8-15-12(13)16-11(9)14-3;1-12(2,3)15-11(14)13-9-10-7-5-4-6-8-10/h8,10H,4-5H2,1-3H3,(H,14,15,16);10H,4-9H2,1-3H3,(H,13,14). The van der Waals surface area contributed by atoms with Gasteiger partial charge < -0.3 is 24.8 Å². The zero-order valence-electron chi connectivity index (χ0n) is 20.8. The third-order valence-electron chi connectivity index (χ3n) is 4.62. The van der Waals surface area contributed by atoms with Gasteiger partial charge in [-0.05, 0) is 70.9 Å². The zero-order valence-corrected chi connectivity index (χ0v) is 21.6. The van der Waals surface area contributed by atoms with E-state index in [9.17, 15) is 4.79 Å². The lowest BCUT2D eigenvalue weighted by Crippen LogP contribution is -2.35. The molecule has 0 radical (unpaired) electrons. The molecule has 1 aliphatic carbocycles. The number of aromatic nitrogens is 2. The maximum Gasteiger partial charge on any atom is 0.407 e. The molecule has 1 aromatic heterocycles. The maximum atomic E-state index is 11.4. The van der Waals surface area contributed by atoms with E-state index in [1.165, 1.54) is 32.1 Å². The Morgan fingerprint density at radius 2 is 1.85 bits per heavy atom. The molecule has 186 valence electrons. The normalized spacial score (nSPS) is 13.9. The van der Waals surface area contributed by atoms with Gasteiger partial charge in [0.25, 0.3) is 0 Å². The summed E-state index contributed by atoms with van der Waals surface area (Å²) in [7, 11) is 1.74. The van der Waals surface area contributed by atoms with E-state index in [-0.39, 0.29) is 11.4 Å². The summed E-state index contributed by atoms with van der Waals surface area (Å²) in [5.41, 5.74) is 0.253. The number of halogens is 1. The minimum Gasteiger partial charge on any atom is -0.444 e. The van der Waals surface area contributed by atoms with Crippen molar-refractivity contribution in [3.05, 3.63) is 17.0 Å². The molecule has 2 rings (SSSR count). The Morgan fingerprint density at radius 3 is 2.39 bits per heavy atom. The van der Waals surface area contributed by atoms with Crippen molar-refractivity contribution in [1.82, 2.24) is 15.3 Å². The van der Waals surface area contributed by atoms with E-state index in [4.69, 9.17) is 25.8 Å². The quantitative estimate of drug-likeness (QED) is 0.320. The topological polar surface area (TPSA) is 94.6 Å². The van der Waals surface area contributed by atoms with Gasteiger partial charge in [-0.15, -0.1) is 0 Å². The first kappa shape index (κ1) is 29.0. The van der Waals surface area contributed by atoms with E-state index in [0.29, 0.717) is 30.5 Å². The van der Waals surface area contributed by atoms with Crippen molar-refractivity contribution in [3.63, 3.8) is 0 Å². The monoisotopic (exact) mass is 482 g/mol. The van der Waals surface area contributed by atoms with Crippen LogP contribution in [0.25, 0.3) is 0 Å². The molecular formula is C24H39ClN4O4. The number of nitrogens with one attached hydrogen (secondary N) is 2. The zero-order chi connectivity index (χ0) is 24.7. The molecule has 2 N–H and O–H groups in total. The van der Waals surface area contributed by atoms with Crippen LogP contribution in [0, 0.1) is 17.8 Å². The molecule has 33 heavy (non-hydrogen) atoms. The molecule has 8 nitrogen and oxygen atoms in total. The summed E-state index contributed by atoms with van der Waals surface area (Å²) in [6, 6.07) is 0. The molecule has 0 aromatic carbocycles. The van der Waals surface area contributed by atoms with Crippen molar-refractivity contribution in [2.24, 2.45) is 5.92 Å². The Labute approximate surface area is 203 Å². The van der Waals surface area contributed by atoms with E-state index >= 15 is 0 Å². The molecule has 1 amide bonds. The molecule has 0 bridgehead atoms. The number of carbonyl (C=O) groups is 1. The number of carbonyl (C=O) groups excluding carboxylic acids is 1. The minimum absolute atomic E-state index is 0.177. The Hall–Kier alpha value is -2.08. The highest BCUT2D eigenvalue weighted by Crippen LogP contribution is 2.22. The van der Waals surface area contributed by atoms with E-state index in [2.05, 4.69) is 32.4 Å². The predicted octanol–water partition coefficient (Wildman–Crippen LogP) is 5.01. The molecule has 0 saturated heterocycles. The number of ether oxygens (including phenoxy) is 3. The smallest absolute Gasteiger partial charge is 0.407 e. The number of amides is 1. The summed E-state index contributed by atoms with van der Waals surface area (Å²) in [5, 5.41) is 5.93. The SMILES string of the molecule is CC(C)(C)OC(=O)NCC1CCCCC1.CCOC(C#Cc1cnc(Cl)nc1NC)OCC. The molecule has 1 aromatic rings. The number of rotatable bonds is 7. The van der Waals surface area contributed by atoms with Crippen LogP contribution in [-0.2, 0) is 14.2 Å². The Morgan fingerprint density at radius 1 is 1.21 bits per heavy atom. The van der Waals surface area contributed by atoms with Gasteiger partial charge in [0, 0.05) is 33.0 Å². The fraction of sp³-hybridized carbons (Fsp3) is 0.708. The van der Waals surface area contributed by atoms with E-state index < -0.39 is 11.9 Å². The number of alkyl carbamates (subject to hydrolysis) is 1. The van der Waals surface area contributed by atoms with Crippen LogP contribution in [-0.4, -0.2) is 54.8 Å². The summed E-state index contributed by atoms with van der Waals surface area (Å²) >= 11 is 5.70. The van der Waals surface area contributed by atoms with Gasteiger partial charge in [0.2, 0.25) is 11.6 Å². The lowest BCUT2D eigenvalue weighted by Gasteiger charge is -2.24. The molecule has 0 unspecified atom stereocenters. The highest BCUT2D eigenvalue weighted by molar-refractivity contribution is 6.28. The molecule has 1 saturated carbocycles. The third kappa shape index (κ3) is 13.3. The summed E-state index contributed by atoms with van der Waals surface area (Å²) in [6.07, 6.45) is 7.19. The van der Waals surface area contributed by atoms with Gasteiger partial charge >= 0.3 is 6.09 Å². The van der Waals surface area contributed by atoms with E-state index in [1.807, 2.05) is 34.6 Å². The van der Waals surface area contributed by atoms with Gasteiger partial charge in [-0.25, -0.2) is 9.78 Å². The Bertz CT molecular complexity index is 762. The number of hydrogen-bond acceptors (Lipinski definition) is 7. The highest BCUT2D eigenvalue weighted by Gasteiger charge is 2.18. The maximum absolute atomic E-state index is 11.4. The van der Waals surface area contributed by atoms with Gasteiger partial charge in [0.1, 0.15) is 11.4 Å². The molecule has 1 fully saturated rings. The van der Waals surface area contributed by atoms with Crippen LogP contribution in [0.2, 0.25) is 5.28 Å². The van der Waals surface area contributed by atoms with Gasteiger partial charge in [-0.1, -0.05) is 25.2 Å². The second kappa shape index (κ2) is 15.7. The average Bonchev–Trinajstić information content (AvgIpc) is 2.77. The van der Waals surface area contributed by atoms with Gasteiger partial charge in [-0.3, -0.25) is 0 Å². The van der Waals surface area contributed by atoms with Crippen LogP contribution in [0.15, 0.2) is 6.20 Å². The van der Waals surface area contributed by atoms with Crippen LogP contribution in [0.5, 0.6) is 0 Å². The predicted molar refractivity (Wildman–Crippen MR) is 131 cm³/mol. The minimum atomic E-state index is -0.541. The number of anilines is 1. The van der Waals surface area contributed by atoms with Crippen molar-refractivity contribution >= 4 is 23.5 Å². The van der Waals surface area contributed by atoms with Crippen molar-refractivity contribution < 1.29 is 19.0 Å². The summed E-state index contributed by atoms with van der Waals surface area (Å²) in [5.74, 6) is 7.03. The lowest BCUT2D eigenvalue weighted by atomic mass is 9.89. The van der Waals surface area contributed by atoms with Crippen molar-refractivity contribution in [3.8, 4) is 11.8 Å². The molecule has 1 aliphatic rings. The van der Waals surface area contributed by atoms with Crippen LogP contribution in [0.3, 0.4) is 0 Å². The first-order valence-electron chi connectivity index (χ1n) is 11.6. The first-order valence-corrected chi connectivity index (χ1v) is 12.0. The molecular weight excluding hydrogens is 444 g/mol. The fourth-order valence-corrected chi connectivity index (χ4v) is 3.28. The van der Waals surface area contributed by atoms with Gasteiger partial charge in [-0.2, -0.15) is 4.98 Å². The number of nitrogens with zero attached hydrogens (tertiary/aromatic N) is 2. The average molecular weight is 483 g/mol. The van der Waals surface area contributed by atoms with E-state index in [1.54, 1.807) is 13.2 Å². The first-order chi connectivity index (χ1) is 15.7. The summed E-state index contributed by atoms with van der Waals surface area (Å²) in [6.45, 7) is 11.3. The highest BCUT2D eigenvalue weighted by atomic mass is 35.5. The molecule has 0 spiro atoms. The second-order valence-electron chi connectivity index (χ2n) is 8.55. The largest absolute Gasteiger partial charge is 0.444 e. The fourth-order valence-electron chi connectivity index (χ4n) is 3.15. The summed E-state index contributed by atoms with van der Waals surface area (Å²) in [4.78, 5) is 19.3. The summed E-state index contributed by atoms with van der Waals surface area (Å²) < 4.78 is 15.8. The molecule has 0 atom stereocenters. The van der Waals surface area contributed by atoms with Gasteiger partial charge in [0.15, 0.2) is 0 Å². The second-order valence-corrected chi connectivity index (χ2v) is 8.89. The van der Waals surface area contributed by atoms with Crippen LogP contribution >= 0.6 is 11.6 Å². The molecule has 1 heterocycles. The van der Waals surface area contributed by atoms with Crippen LogP contribution in [0.4, 0.5) is 10.6 Å². The van der Waals surface area contributed by atoms with Crippen molar-refractivity contribution in [2.75, 3.05) is 32.1 Å². The Balaban J connectivity index is 0.000000335.